The lowest BCUT2D eigenvalue weighted by Gasteiger charge is -2.21. The Balaban J connectivity index is 3.31. The molecular weight excluding hydrogens is 296 g/mol. The summed E-state index contributed by atoms with van der Waals surface area (Å²) in [4.78, 5) is 0. The Morgan fingerprint density at radius 1 is 0.708 bits per heavy atom. The Kier molecular flexibility index (Phi) is 16.4. The zero-order valence-electron chi connectivity index (χ0n) is 15.9. The minimum absolute atomic E-state index is 0.526. The van der Waals surface area contributed by atoms with Gasteiger partial charge >= 0.3 is 0 Å². The standard InChI is InChI=1S/C22H40O2/c1-3-5-7-8-9-10-11-12-13-14-15-16-17-19-21-22(23,24)20-18-6-4-2/h3,5,7-9,23-24H,1,4,6,10-21H2,2H3/b7-5+,9-8+. The molecule has 0 saturated heterocycles. The lowest BCUT2D eigenvalue weighted by molar-refractivity contribution is -0.172. The maximum Gasteiger partial charge on any atom is 0.162 e. The number of aliphatic hydroxyl groups is 2. The molecule has 0 aromatic rings. The summed E-state index contributed by atoms with van der Waals surface area (Å²) in [6, 6.07) is 0. The lowest BCUT2D eigenvalue weighted by Crippen LogP contribution is -2.27. The van der Waals surface area contributed by atoms with Crippen LogP contribution in [-0.4, -0.2) is 16.0 Å². The molecule has 24 heavy (non-hydrogen) atoms. The molecule has 2 N–H and O–H groups in total. The van der Waals surface area contributed by atoms with E-state index in [1.54, 1.807) is 6.08 Å². The van der Waals surface area contributed by atoms with Gasteiger partial charge in [-0.25, -0.2) is 0 Å². The first-order valence-corrected chi connectivity index (χ1v) is 10.0. The Bertz CT molecular complexity index is 329. The molecule has 2 heteroatoms. The van der Waals surface area contributed by atoms with Crippen LogP contribution in [0.5, 0.6) is 0 Å². The highest BCUT2D eigenvalue weighted by Crippen LogP contribution is 2.20. The number of hydrogen-bond donors (Lipinski definition) is 2. The second-order valence-corrected chi connectivity index (χ2v) is 6.86. The zero-order chi connectivity index (χ0) is 17.9. The molecule has 0 bridgehead atoms. The van der Waals surface area contributed by atoms with Gasteiger partial charge in [-0.05, 0) is 25.7 Å². The molecule has 0 aliphatic rings. The maximum absolute atomic E-state index is 9.87. The average molecular weight is 337 g/mol. The predicted octanol–water partition coefficient (Wildman–Crippen LogP) is 6.45. The molecular formula is C22H40O2. The Labute approximate surface area is 150 Å². The van der Waals surface area contributed by atoms with Crippen LogP contribution >= 0.6 is 0 Å². The van der Waals surface area contributed by atoms with Crippen molar-refractivity contribution in [2.75, 3.05) is 0 Å². The third-order valence-electron chi connectivity index (χ3n) is 4.37. The first-order valence-electron chi connectivity index (χ1n) is 10.0. The Morgan fingerprint density at radius 2 is 1.25 bits per heavy atom. The van der Waals surface area contributed by atoms with E-state index in [0.29, 0.717) is 12.8 Å². The lowest BCUT2D eigenvalue weighted by atomic mass is 10.00. The molecule has 2 nitrogen and oxygen atoms in total. The van der Waals surface area contributed by atoms with Crippen molar-refractivity contribution in [3.05, 3.63) is 37.0 Å². The van der Waals surface area contributed by atoms with Gasteiger partial charge in [-0.1, -0.05) is 95.2 Å². The van der Waals surface area contributed by atoms with Crippen molar-refractivity contribution in [2.45, 2.75) is 103 Å². The van der Waals surface area contributed by atoms with Crippen LogP contribution in [0.3, 0.4) is 0 Å². The molecule has 0 rings (SSSR count). The van der Waals surface area contributed by atoms with Crippen molar-refractivity contribution < 1.29 is 10.2 Å². The first kappa shape index (κ1) is 23.1. The van der Waals surface area contributed by atoms with Crippen molar-refractivity contribution in [3.8, 4) is 0 Å². The van der Waals surface area contributed by atoms with Gasteiger partial charge in [-0.15, -0.1) is 0 Å². The molecule has 0 heterocycles. The second-order valence-electron chi connectivity index (χ2n) is 6.86. The number of rotatable bonds is 17. The van der Waals surface area contributed by atoms with E-state index in [2.05, 4.69) is 25.7 Å². The van der Waals surface area contributed by atoms with E-state index in [1.807, 2.05) is 12.2 Å². The van der Waals surface area contributed by atoms with Crippen LogP contribution in [0.4, 0.5) is 0 Å². The van der Waals surface area contributed by atoms with E-state index in [-0.39, 0.29) is 0 Å². The minimum atomic E-state index is -1.43. The van der Waals surface area contributed by atoms with Crippen LogP contribution in [0.2, 0.25) is 0 Å². The summed E-state index contributed by atoms with van der Waals surface area (Å²) in [6.07, 6.45) is 25.2. The fourth-order valence-corrected chi connectivity index (χ4v) is 2.83. The highest BCUT2D eigenvalue weighted by atomic mass is 16.5. The average Bonchev–Trinajstić information content (AvgIpc) is 2.55. The van der Waals surface area contributed by atoms with Gasteiger partial charge in [-0.3, -0.25) is 0 Å². The van der Waals surface area contributed by atoms with Crippen LogP contribution in [0.25, 0.3) is 0 Å². The van der Waals surface area contributed by atoms with E-state index in [9.17, 15) is 10.2 Å². The van der Waals surface area contributed by atoms with Crippen LogP contribution < -0.4 is 0 Å². The molecule has 0 aromatic heterocycles. The molecule has 0 fully saturated rings. The summed E-state index contributed by atoms with van der Waals surface area (Å²) >= 11 is 0. The van der Waals surface area contributed by atoms with E-state index in [1.165, 1.54) is 38.5 Å². The quantitative estimate of drug-likeness (QED) is 0.182. The van der Waals surface area contributed by atoms with Crippen LogP contribution in [0.15, 0.2) is 37.0 Å². The third-order valence-corrected chi connectivity index (χ3v) is 4.37. The van der Waals surface area contributed by atoms with Gasteiger partial charge in [0, 0.05) is 12.8 Å². The molecule has 0 aliphatic carbocycles. The van der Waals surface area contributed by atoms with Crippen molar-refractivity contribution in [2.24, 2.45) is 0 Å². The topological polar surface area (TPSA) is 40.5 Å². The minimum Gasteiger partial charge on any atom is -0.366 e. The molecule has 0 amide bonds. The highest BCUT2D eigenvalue weighted by Gasteiger charge is 2.20. The van der Waals surface area contributed by atoms with Gasteiger partial charge in [0.25, 0.3) is 0 Å². The number of allylic oxidation sites excluding steroid dienone is 5. The largest absolute Gasteiger partial charge is 0.366 e. The van der Waals surface area contributed by atoms with Gasteiger partial charge in [0.2, 0.25) is 0 Å². The zero-order valence-corrected chi connectivity index (χ0v) is 15.9. The fraction of sp³-hybridized carbons (Fsp3) is 0.727. The first-order chi connectivity index (χ1) is 11.6. The Hall–Kier alpha value is -0.860. The fourth-order valence-electron chi connectivity index (χ4n) is 2.83. The van der Waals surface area contributed by atoms with Crippen LogP contribution in [-0.2, 0) is 0 Å². The van der Waals surface area contributed by atoms with E-state index in [0.717, 1.165) is 38.5 Å². The monoisotopic (exact) mass is 336 g/mol. The summed E-state index contributed by atoms with van der Waals surface area (Å²) in [5.74, 6) is -1.43. The van der Waals surface area contributed by atoms with Crippen molar-refractivity contribution in [1.29, 1.82) is 0 Å². The summed E-state index contributed by atoms with van der Waals surface area (Å²) in [5.41, 5.74) is 0. The summed E-state index contributed by atoms with van der Waals surface area (Å²) in [6.45, 7) is 5.77. The summed E-state index contributed by atoms with van der Waals surface area (Å²) in [7, 11) is 0. The maximum atomic E-state index is 9.87. The van der Waals surface area contributed by atoms with Crippen molar-refractivity contribution in [1.82, 2.24) is 0 Å². The highest BCUT2D eigenvalue weighted by molar-refractivity contribution is 5.08. The van der Waals surface area contributed by atoms with E-state index >= 15 is 0 Å². The molecule has 0 saturated carbocycles. The molecule has 0 spiro atoms. The summed E-state index contributed by atoms with van der Waals surface area (Å²) in [5, 5.41) is 19.7. The smallest absolute Gasteiger partial charge is 0.162 e. The Morgan fingerprint density at radius 3 is 1.83 bits per heavy atom. The van der Waals surface area contributed by atoms with Gasteiger partial charge < -0.3 is 10.2 Å². The van der Waals surface area contributed by atoms with Gasteiger partial charge in [0.15, 0.2) is 5.79 Å². The van der Waals surface area contributed by atoms with Gasteiger partial charge in [-0.2, -0.15) is 0 Å². The van der Waals surface area contributed by atoms with Crippen molar-refractivity contribution >= 4 is 0 Å². The van der Waals surface area contributed by atoms with Crippen LogP contribution in [0.1, 0.15) is 96.8 Å². The van der Waals surface area contributed by atoms with Crippen molar-refractivity contribution in [3.63, 3.8) is 0 Å². The molecule has 0 aromatic carbocycles. The molecule has 0 atom stereocenters. The second kappa shape index (κ2) is 17.0. The van der Waals surface area contributed by atoms with E-state index in [4.69, 9.17) is 0 Å². The number of hydrogen-bond acceptors (Lipinski definition) is 2. The number of unbranched alkanes of at least 4 members (excludes halogenated alkanes) is 10. The SMILES string of the molecule is C=C/C=C/C=C/CCCCCCCCCCC(O)(O)CCCCC. The van der Waals surface area contributed by atoms with E-state index < -0.39 is 5.79 Å². The molecule has 0 aliphatic heterocycles. The molecule has 140 valence electrons. The molecule has 0 radical (unpaired) electrons. The van der Waals surface area contributed by atoms with Gasteiger partial charge in [0.1, 0.15) is 0 Å². The normalized spacial score (nSPS) is 12.5. The summed E-state index contributed by atoms with van der Waals surface area (Å²) < 4.78 is 0. The molecule has 0 unspecified atom stereocenters. The van der Waals surface area contributed by atoms with Gasteiger partial charge in [0.05, 0.1) is 0 Å². The third kappa shape index (κ3) is 17.5. The predicted molar refractivity (Wildman–Crippen MR) is 106 cm³/mol. The van der Waals surface area contributed by atoms with Crippen LogP contribution in [0, 0.1) is 0 Å².